The maximum atomic E-state index is 12.6. The first-order valence-electron chi connectivity index (χ1n) is 16.7. The standard InChI is InChI=1S/C38H44N4O5/c1-6-24-22-27(15-16-28(24)25-18-20-41(21-19-25)37(45)47-38(3,4)5)46-33-17-14-26-10-8-11-29(35(26)33)31-12-9-13-34(40-31)42-32(7-2)30(23-39-42)36(43)44/h8-13,15-16,22-23,25,33H,6-7,14,17-21H2,1-5H3,(H,43,44)/t33-/m0/s1. The highest BCUT2D eigenvalue weighted by atomic mass is 16.6. The molecule has 0 spiro atoms. The van der Waals surface area contributed by atoms with Crippen LogP contribution in [0.15, 0.2) is 60.8 Å². The quantitative estimate of drug-likeness (QED) is 0.209. The molecule has 2 aliphatic rings. The topological polar surface area (TPSA) is 107 Å². The first-order chi connectivity index (χ1) is 22.6. The summed E-state index contributed by atoms with van der Waals surface area (Å²) in [6, 6.07) is 18.6. The molecule has 0 radical (unpaired) electrons. The number of aryl methyl sites for hydroxylation is 2. The third-order valence-corrected chi connectivity index (χ3v) is 9.22. The van der Waals surface area contributed by atoms with E-state index in [1.54, 1.807) is 4.68 Å². The van der Waals surface area contributed by atoms with Crippen LogP contribution in [0.2, 0.25) is 0 Å². The number of nitrogens with zero attached hydrogens (tertiary/aromatic N) is 4. The van der Waals surface area contributed by atoms with E-state index in [0.29, 0.717) is 36.9 Å². The van der Waals surface area contributed by atoms with Crippen molar-refractivity contribution in [3.63, 3.8) is 0 Å². The molecule has 1 aliphatic heterocycles. The van der Waals surface area contributed by atoms with E-state index in [1.807, 2.05) is 50.8 Å². The van der Waals surface area contributed by atoms with Gasteiger partial charge in [0, 0.05) is 24.2 Å². The Balaban J connectivity index is 1.21. The van der Waals surface area contributed by atoms with Crippen LogP contribution in [0.5, 0.6) is 5.75 Å². The Morgan fingerprint density at radius 3 is 2.45 bits per heavy atom. The normalized spacial score (nSPS) is 16.6. The van der Waals surface area contributed by atoms with Crippen molar-refractivity contribution in [2.75, 3.05) is 13.1 Å². The van der Waals surface area contributed by atoms with Gasteiger partial charge >= 0.3 is 12.1 Å². The number of rotatable bonds is 8. The molecule has 2 aromatic heterocycles. The molecule has 0 saturated carbocycles. The van der Waals surface area contributed by atoms with Gasteiger partial charge in [0.1, 0.15) is 23.0 Å². The molecule has 4 aromatic rings. The van der Waals surface area contributed by atoms with Gasteiger partial charge in [0.25, 0.3) is 0 Å². The van der Waals surface area contributed by atoms with E-state index in [-0.39, 0.29) is 17.8 Å². The van der Waals surface area contributed by atoms with Crippen molar-refractivity contribution in [1.82, 2.24) is 19.7 Å². The second kappa shape index (κ2) is 13.2. The van der Waals surface area contributed by atoms with E-state index in [1.165, 1.54) is 22.9 Å². The summed E-state index contributed by atoms with van der Waals surface area (Å²) >= 11 is 0. The zero-order chi connectivity index (χ0) is 33.3. The molecule has 6 rings (SSSR count). The molecule has 1 N–H and O–H groups in total. The minimum Gasteiger partial charge on any atom is -0.486 e. The number of carboxylic acid groups (broad SMARTS) is 1. The largest absolute Gasteiger partial charge is 0.486 e. The molecule has 1 amide bonds. The van der Waals surface area contributed by atoms with Gasteiger partial charge in [0.05, 0.1) is 17.6 Å². The zero-order valence-electron chi connectivity index (χ0n) is 28.0. The summed E-state index contributed by atoms with van der Waals surface area (Å²) in [4.78, 5) is 31.1. The van der Waals surface area contributed by atoms with Crippen LogP contribution in [-0.4, -0.2) is 55.5 Å². The van der Waals surface area contributed by atoms with Gasteiger partial charge in [-0.05, 0) is 106 Å². The molecule has 0 unspecified atom stereocenters. The maximum absolute atomic E-state index is 12.6. The first kappa shape index (κ1) is 32.3. The minimum absolute atomic E-state index is 0.117. The van der Waals surface area contributed by atoms with E-state index >= 15 is 0 Å². The van der Waals surface area contributed by atoms with Gasteiger partial charge in [-0.25, -0.2) is 19.3 Å². The molecule has 1 saturated heterocycles. The van der Waals surface area contributed by atoms with Crippen LogP contribution < -0.4 is 4.74 Å². The van der Waals surface area contributed by atoms with Gasteiger partial charge in [0.2, 0.25) is 0 Å². The lowest BCUT2D eigenvalue weighted by atomic mass is 9.86. The number of amides is 1. The van der Waals surface area contributed by atoms with Crippen molar-refractivity contribution >= 4 is 12.1 Å². The predicted molar refractivity (Wildman–Crippen MR) is 180 cm³/mol. The van der Waals surface area contributed by atoms with E-state index in [4.69, 9.17) is 14.5 Å². The van der Waals surface area contributed by atoms with Crippen LogP contribution in [0.25, 0.3) is 17.1 Å². The zero-order valence-corrected chi connectivity index (χ0v) is 28.0. The van der Waals surface area contributed by atoms with Gasteiger partial charge < -0.3 is 19.5 Å². The predicted octanol–water partition coefficient (Wildman–Crippen LogP) is 7.94. The Morgan fingerprint density at radius 1 is 0.979 bits per heavy atom. The number of hydrogen-bond donors (Lipinski definition) is 1. The fourth-order valence-corrected chi connectivity index (χ4v) is 6.99. The van der Waals surface area contributed by atoms with Crippen molar-refractivity contribution < 1.29 is 24.2 Å². The monoisotopic (exact) mass is 636 g/mol. The van der Waals surface area contributed by atoms with Gasteiger partial charge in [-0.3, -0.25) is 0 Å². The number of carbonyl (C=O) groups is 2. The average molecular weight is 637 g/mol. The Hall–Kier alpha value is -4.66. The Labute approximate surface area is 276 Å². The molecular formula is C38H44N4O5. The average Bonchev–Trinajstić information content (AvgIpc) is 3.69. The van der Waals surface area contributed by atoms with Crippen molar-refractivity contribution in [2.45, 2.75) is 90.8 Å². The van der Waals surface area contributed by atoms with Gasteiger partial charge in [-0.2, -0.15) is 5.10 Å². The van der Waals surface area contributed by atoms with E-state index in [2.05, 4.69) is 48.4 Å². The number of fused-ring (bicyclic) bond motifs is 1. The number of benzene rings is 2. The summed E-state index contributed by atoms with van der Waals surface area (Å²) in [5.74, 6) is 0.842. The summed E-state index contributed by atoms with van der Waals surface area (Å²) in [5, 5.41) is 14.0. The lowest BCUT2D eigenvalue weighted by molar-refractivity contribution is 0.0204. The van der Waals surface area contributed by atoms with Crippen molar-refractivity contribution in [1.29, 1.82) is 0 Å². The van der Waals surface area contributed by atoms with Crippen LogP contribution in [0.4, 0.5) is 4.79 Å². The Kier molecular flexibility index (Phi) is 9.08. The molecule has 47 heavy (non-hydrogen) atoms. The Morgan fingerprint density at radius 2 is 1.74 bits per heavy atom. The summed E-state index contributed by atoms with van der Waals surface area (Å²) < 4.78 is 14.0. The summed E-state index contributed by atoms with van der Waals surface area (Å²) in [5.41, 5.74) is 7.15. The minimum atomic E-state index is -0.993. The molecule has 2 aromatic carbocycles. The highest BCUT2D eigenvalue weighted by Gasteiger charge is 2.30. The molecule has 9 heteroatoms. The van der Waals surface area contributed by atoms with Crippen LogP contribution in [0.1, 0.15) is 104 Å². The number of hydrogen-bond acceptors (Lipinski definition) is 6. The van der Waals surface area contributed by atoms with Crippen LogP contribution in [-0.2, 0) is 24.0 Å². The van der Waals surface area contributed by atoms with E-state index < -0.39 is 11.6 Å². The molecule has 1 atom stereocenters. The lowest BCUT2D eigenvalue weighted by Crippen LogP contribution is -2.41. The number of carbonyl (C=O) groups excluding carboxylic acids is 1. The summed E-state index contributed by atoms with van der Waals surface area (Å²) in [6.07, 6.45) is 6.08. The number of aromatic nitrogens is 3. The first-order valence-corrected chi connectivity index (χ1v) is 16.7. The SMILES string of the molecule is CCc1cc(O[C@H]2CCc3cccc(-c4cccc(-n5ncc(C(=O)O)c5CC)n4)c32)ccc1C1CCN(C(=O)OC(C)(C)C)CC1. The number of aromatic carboxylic acids is 1. The lowest BCUT2D eigenvalue weighted by Gasteiger charge is -2.34. The smallest absolute Gasteiger partial charge is 0.410 e. The van der Waals surface area contributed by atoms with E-state index in [0.717, 1.165) is 54.7 Å². The van der Waals surface area contributed by atoms with Crippen LogP contribution >= 0.6 is 0 Å². The number of ether oxygens (including phenoxy) is 2. The number of likely N-dealkylation sites (tertiary alicyclic amines) is 1. The molecule has 1 fully saturated rings. The van der Waals surface area contributed by atoms with Crippen molar-refractivity contribution in [3.8, 4) is 22.8 Å². The molecule has 3 heterocycles. The molecule has 9 nitrogen and oxygen atoms in total. The fourth-order valence-electron chi connectivity index (χ4n) is 6.99. The second-order valence-electron chi connectivity index (χ2n) is 13.4. The van der Waals surface area contributed by atoms with E-state index in [9.17, 15) is 14.7 Å². The van der Waals surface area contributed by atoms with Crippen molar-refractivity contribution in [2.24, 2.45) is 0 Å². The number of pyridine rings is 1. The maximum Gasteiger partial charge on any atom is 0.410 e. The van der Waals surface area contributed by atoms with Crippen LogP contribution in [0, 0.1) is 0 Å². The molecule has 1 aliphatic carbocycles. The van der Waals surface area contributed by atoms with Gasteiger partial charge in [-0.1, -0.05) is 44.2 Å². The second-order valence-corrected chi connectivity index (χ2v) is 13.4. The fraction of sp³-hybridized carbons (Fsp3) is 0.421. The summed E-state index contributed by atoms with van der Waals surface area (Å²) in [7, 11) is 0. The third kappa shape index (κ3) is 6.75. The number of piperidine rings is 1. The molecule has 246 valence electrons. The Bertz CT molecular complexity index is 1780. The number of carboxylic acids is 1. The molecule has 0 bridgehead atoms. The van der Waals surface area contributed by atoms with Gasteiger partial charge in [-0.15, -0.1) is 0 Å². The highest BCUT2D eigenvalue weighted by Crippen LogP contribution is 2.42. The van der Waals surface area contributed by atoms with Crippen LogP contribution in [0.3, 0.4) is 0 Å². The van der Waals surface area contributed by atoms with Gasteiger partial charge in [0.15, 0.2) is 5.82 Å². The molecular weight excluding hydrogens is 592 g/mol. The highest BCUT2D eigenvalue weighted by molar-refractivity contribution is 5.88. The van der Waals surface area contributed by atoms with Crippen molar-refractivity contribution in [3.05, 3.63) is 94.3 Å². The third-order valence-electron chi connectivity index (χ3n) is 9.22. The summed E-state index contributed by atoms with van der Waals surface area (Å²) in [6.45, 7) is 11.2.